The summed E-state index contributed by atoms with van der Waals surface area (Å²) in [5.41, 5.74) is 7.04. The van der Waals surface area contributed by atoms with E-state index in [1.54, 1.807) is 4.90 Å². The molecule has 1 aromatic heterocycles. The Labute approximate surface area is 140 Å². The number of aromatic nitrogens is 1. The van der Waals surface area contributed by atoms with Gasteiger partial charge >= 0.3 is 6.09 Å². The molecule has 126 valence electrons. The second-order valence-corrected chi connectivity index (χ2v) is 7.59. The minimum absolute atomic E-state index is 0.291. The molecule has 1 aliphatic heterocycles. The Hall–Kier alpha value is -1.69. The highest BCUT2D eigenvalue weighted by Gasteiger charge is 2.37. The molecule has 0 bridgehead atoms. The van der Waals surface area contributed by atoms with Crippen LogP contribution in [0, 0.1) is 0 Å². The van der Waals surface area contributed by atoms with Gasteiger partial charge in [-0.1, -0.05) is 11.6 Å². The van der Waals surface area contributed by atoms with E-state index in [1.807, 2.05) is 20.8 Å². The quantitative estimate of drug-likeness (QED) is 0.899. The Morgan fingerprint density at radius 3 is 2.43 bits per heavy atom. The van der Waals surface area contributed by atoms with Gasteiger partial charge in [-0.25, -0.2) is 4.79 Å². The van der Waals surface area contributed by atoms with E-state index >= 15 is 0 Å². The smallest absolute Gasteiger partial charge is 0.410 e. The number of amides is 2. The third-order valence-electron chi connectivity index (χ3n) is 4.15. The van der Waals surface area contributed by atoms with Gasteiger partial charge in [0, 0.05) is 24.7 Å². The van der Waals surface area contributed by atoms with Gasteiger partial charge in [0.15, 0.2) is 0 Å². The molecule has 6 nitrogen and oxygen atoms in total. The molecule has 2 N–H and O–H groups in total. The van der Waals surface area contributed by atoms with Gasteiger partial charge in [0.05, 0.1) is 22.8 Å². The van der Waals surface area contributed by atoms with Crippen molar-refractivity contribution in [3.05, 3.63) is 22.0 Å². The summed E-state index contributed by atoms with van der Waals surface area (Å²) in [5, 5.41) is 0.459. The first kappa shape index (κ1) is 16.2. The fourth-order valence-corrected chi connectivity index (χ4v) is 3.50. The van der Waals surface area contributed by atoms with Crippen LogP contribution in [0.25, 0.3) is 0 Å². The van der Waals surface area contributed by atoms with Crippen molar-refractivity contribution in [3.63, 3.8) is 0 Å². The number of hydrogen-bond donors (Lipinski definition) is 1. The molecule has 1 fully saturated rings. The summed E-state index contributed by atoms with van der Waals surface area (Å²) in [6.07, 6.45) is 1.78. The van der Waals surface area contributed by atoms with Crippen LogP contribution in [0.2, 0.25) is 5.02 Å². The van der Waals surface area contributed by atoms with Gasteiger partial charge in [0.2, 0.25) is 0 Å². The Morgan fingerprint density at radius 2 is 1.91 bits per heavy atom. The molecule has 1 saturated carbocycles. The van der Waals surface area contributed by atoms with Gasteiger partial charge in [-0.15, -0.1) is 0 Å². The summed E-state index contributed by atoms with van der Waals surface area (Å²) >= 11 is 6.43. The summed E-state index contributed by atoms with van der Waals surface area (Å²) in [7, 11) is 0. The van der Waals surface area contributed by atoms with Crippen molar-refractivity contribution in [3.8, 4) is 0 Å². The van der Waals surface area contributed by atoms with Crippen LogP contribution in [-0.2, 0) is 17.8 Å². The fraction of sp³-hybridized carbons (Fsp3) is 0.625. The number of nitrogens with two attached hydrogens (primary N) is 1. The van der Waals surface area contributed by atoms with E-state index in [9.17, 15) is 9.59 Å². The predicted molar refractivity (Wildman–Crippen MR) is 86.6 cm³/mol. The fourth-order valence-electron chi connectivity index (χ4n) is 3.04. The lowest BCUT2D eigenvalue weighted by atomic mass is 10.2. The zero-order chi connectivity index (χ0) is 16.9. The molecule has 3 rings (SSSR count). The summed E-state index contributed by atoms with van der Waals surface area (Å²) in [4.78, 5) is 25.7. The third-order valence-corrected chi connectivity index (χ3v) is 4.53. The monoisotopic (exact) mass is 339 g/mol. The minimum atomic E-state index is -0.556. The number of halogens is 1. The Balaban J connectivity index is 1.92. The number of carbonyl (C=O) groups is 2. The number of nitrogens with zero attached hydrogens (tertiary/aromatic N) is 2. The molecule has 0 aromatic carbocycles. The molecule has 7 heteroatoms. The molecule has 2 heterocycles. The van der Waals surface area contributed by atoms with Crippen molar-refractivity contribution in [1.82, 2.24) is 9.47 Å². The highest BCUT2D eigenvalue weighted by molar-refractivity contribution is 6.35. The average Bonchev–Trinajstić information content (AvgIpc) is 3.19. The van der Waals surface area contributed by atoms with E-state index in [4.69, 9.17) is 22.1 Å². The van der Waals surface area contributed by atoms with Crippen molar-refractivity contribution in [2.75, 3.05) is 6.54 Å². The standard InChI is InChI=1S/C16H22ClN3O3/c1-16(2,3)23-15(22)19-6-7-20-10(8-19)11(14(18)21)12(17)13(20)9-4-5-9/h9H,4-8H2,1-3H3,(H2,18,21). The molecule has 0 saturated heterocycles. The van der Waals surface area contributed by atoms with E-state index in [0.717, 1.165) is 24.2 Å². The van der Waals surface area contributed by atoms with Crippen LogP contribution in [0.5, 0.6) is 0 Å². The van der Waals surface area contributed by atoms with Crippen molar-refractivity contribution >= 4 is 23.6 Å². The van der Waals surface area contributed by atoms with Gasteiger partial charge in [0.25, 0.3) is 5.91 Å². The Morgan fingerprint density at radius 1 is 1.26 bits per heavy atom. The van der Waals surface area contributed by atoms with Crippen LogP contribution >= 0.6 is 11.6 Å². The molecule has 1 aromatic rings. The highest BCUT2D eigenvalue weighted by atomic mass is 35.5. The summed E-state index contributed by atoms with van der Waals surface area (Å²) in [6.45, 7) is 6.91. The second kappa shape index (κ2) is 5.44. The topological polar surface area (TPSA) is 77.6 Å². The maximum Gasteiger partial charge on any atom is 0.410 e. The molecule has 0 atom stereocenters. The van der Waals surface area contributed by atoms with Crippen molar-refractivity contribution < 1.29 is 14.3 Å². The molecule has 0 unspecified atom stereocenters. The first-order valence-electron chi connectivity index (χ1n) is 7.87. The second-order valence-electron chi connectivity index (χ2n) is 7.21. The first-order chi connectivity index (χ1) is 10.7. The normalized spacial score (nSPS) is 17.8. The van der Waals surface area contributed by atoms with Crippen molar-refractivity contribution in [1.29, 1.82) is 0 Å². The van der Waals surface area contributed by atoms with Gasteiger partial charge in [-0.3, -0.25) is 4.79 Å². The molecular formula is C16H22ClN3O3. The number of carbonyl (C=O) groups excluding carboxylic acids is 2. The SMILES string of the molecule is CC(C)(C)OC(=O)N1CCn2c(c(C(N)=O)c(Cl)c2C2CC2)C1. The summed E-state index contributed by atoms with van der Waals surface area (Å²) < 4.78 is 7.49. The van der Waals surface area contributed by atoms with Crippen LogP contribution in [0.3, 0.4) is 0 Å². The largest absolute Gasteiger partial charge is 0.444 e. The van der Waals surface area contributed by atoms with Gasteiger partial charge in [0.1, 0.15) is 5.60 Å². The lowest BCUT2D eigenvalue weighted by Gasteiger charge is -2.32. The van der Waals surface area contributed by atoms with Crippen LogP contribution in [0.1, 0.15) is 61.3 Å². The molecule has 2 aliphatic rings. The van der Waals surface area contributed by atoms with Gasteiger partial charge in [-0.2, -0.15) is 0 Å². The number of fused-ring (bicyclic) bond motifs is 1. The molecule has 1 aliphatic carbocycles. The predicted octanol–water partition coefficient (Wildman–Crippen LogP) is 2.87. The minimum Gasteiger partial charge on any atom is -0.444 e. The first-order valence-corrected chi connectivity index (χ1v) is 8.25. The lowest BCUT2D eigenvalue weighted by Crippen LogP contribution is -2.42. The van der Waals surface area contributed by atoms with Gasteiger partial charge < -0.3 is 19.9 Å². The summed E-state index contributed by atoms with van der Waals surface area (Å²) in [6, 6.07) is 0. The summed E-state index contributed by atoms with van der Waals surface area (Å²) in [5.74, 6) is -0.140. The Bertz CT molecular complexity index is 671. The molecule has 0 spiro atoms. The van der Waals surface area contributed by atoms with Crippen LogP contribution in [-0.4, -0.2) is 33.6 Å². The number of hydrogen-bond acceptors (Lipinski definition) is 3. The van der Waals surface area contributed by atoms with E-state index in [-0.39, 0.29) is 6.09 Å². The van der Waals surface area contributed by atoms with E-state index in [1.165, 1.54) is 0 Å². The van der Waals surface area contributed by atoms with E-state index < -0.39 is 11.5 Å². The van der Waals surface area contributed by atoms with Gasteiger partial charge in [-0.05, 0) is 33.6 Å². The van der Waals surface area contributed by atoms with E-state index in [0.29, 0.717) is 36.1 Å². The lowest BCUT2D eigenvalue weighted by molar-refractivity contribution is 0.0197. The zero-order valence-electron chi connectivity index (χ0n) is 13.7. The zero-order valence-corrected chi connectivity index (χ0v) is 14.4. The highest BCUT2D eigenvalue weighted by Crippen LogP contribution is 2.46. The van der Waals surface area contributed by atoms with Crippen LogP contribution < -0.4 is 5.73 Å². The van der Waals surface area contributed by atoms with Crippen molar-refractivity contribution in [2.24, 2.45) is 5.73 Å². The number of ether oxygens (including phenoxy) is 1. The third kappa shape index (κ3) is 3.04. The van der Waals surface area contributed by atoms with E-state index in [2.05, 4.69) is 4.57 Å². The number of rotatable bonds is 2. The van der Waals surface area contributed by atoms with Crippen LogP contribution in [0.15, 0.2) is 0 Å². The molecule has 0 radical (unpaired) electrons. The molecular weight excluding hydrogens is 318 g/mol. The number of primary amides is 1. The van der Waals surface area contributed by atoms with Crippen LogP contribution in [0.4, 0.5) is 4.79 Å². The maximum atomic E-state index is 12.3. The average molecular weight is 340 g/mol. The maximum absolute atomic E-state index is 12.3. The molecule has 23 heavy (non-hydrogen) atoms. The Kier molecular flexibility index (Phi) is 3.83. The van der Waals surface area contributed by atoms with Crippen molar-refractivity contribution in [2.45, 2.75) is 58.2 Å². The molecule has 2 amide bonds.